The van der Waals surface area contributed by atoms with Crippen molar-refractivity contribution in [3.8, 4) is 5.75 Å². The average molecular weight is 507 g/mol. The Bertz CT molecular complexity index is 1480. The minimum Gasteiger partial charge on any atom is -0.496 e. The number of benzene rings is 2. The van der Waals surface area contributed by atoms with Gasteiger partial charge in [-0.3, -0.25) is 14.5 Å². The van der Waals surface area contributed by atoms with Gasteiger partial charge in [0.2, 0.25) is 0 Å². The van der Waals surface area contributed by atoms with Gasteiger partial charge in [0.25, 0.3) is 6.47 Å². The molecule has 0 spiro atoms. The van der Waals surface area contributed by atoms with E-state index in [4.69, 9.17) is 19.2 Å². The number of hydrogen-bond acceptors (Lipinski definition) is 9. The Kier molecular flexibility index (Phi) is 8.03. The second-order valence-corrected chi connectivity index (χ2v) is 8.78. The van der Waals surface area contributed by atoms with E-state index in [1.807, 2.05) is 61.5 Å². The lowest BCUT2D eigenvalue weighted by Gasteiger charge is -2.09. The summed E-state index contributed by atoms with van der Waals surface area (Å²) in [5.74, 6) is 1.30. The normalized spacial score (nSPS) is 10.8. The van der Waals surface area contributed by atoms with Crippen molar-refractivity contribution in [2.75, 3.05) is 18.9 Å². The topological polar surface area (TPSA) is 127 Å². The standard InChI is InChI=1S/C24H24N6O2S.CH2O2/c1-15-7-18-5-4-6-21(23(18)26-10-15)33-29-24-22-19(31-3)8-16(9-20(22)32-28-24)13-30-14-17(11-25-2)12-27-30;2-1-3/h4-10,12,14,25H,11,13H2,1-3H3,(H,28,29);1H,(H,2,3). The molecular formula is C25H26N6O4S. The van der Waals surface area contributed by atoms with Crippen LogP contribution in [0.1, 0.15) is 16.7 Å². The van der Waals surface area contributed by atoms with E-state index >= 15 is 0 Å². The summed E-state index contributed by atoms with van der Waals surface area (Å²) in [4.78, 5) is 14.0. The first kappa shape index (κ1) is 25.0. The van der Waals surface area contributed by atoms with Crippen LogP contribution in [0.25, 0.3) is 21.9 Å². The Labute approximate surface area is 211 Å². The van der Waals surface area contributed by atoms with Gasteiger partial charge >= 0.3 is 0 Å². The van der Waals surface area contributed by atoms with Crippen molar-refractivity contribution < 1.29 is 19.2 Å². The van der Waals surface area contributed by atoms with Gasteiger partial charge in [-0.05, 0) is 61.3 Å². The summed E-state index contributed by atoms with van der Waals surface area (Å²) >= 11 is 1.45. The molecule has 5 aromatic rings. The van der Waals surface area contributed by atoms with Crippen molar-refractivity contribution in [1.82, 2.24) is 25.2 Å². The van der Waals surface area contributed by atoms with E-state index in [2.05, 4.69) is 37.4 Å². The number of carbonyl (C=O) groups is 1. The number of rotatable bonds is 8. The van der Waals surface area contributed by atoms with Crippen molar-refractivity contribution in [2.24, 2.45) is 0 Å². The van der Waals surface area contributed by atoms with Crippen LogP contribution in [0.15, 0.2) is 64.4 Å². The van der Waals surface area contributed by atoms with E-state index in [-0.39, 0.29) is 6.47 Å². The molecule has 0 saturated carbocycles. The number of aromatic nitrogens is 4. The molecule has 10 nitrogen and oxygen atoms in total. The number of hydrogen-bond donors (Lipinski definition) is 3. The molecule has 11 heteroatoms. The fourth-order valence-electron chi connectivity index (χ4n) is 3.82. The summed E-state index contributed by atoms with van der Waals surface area (Å²) in [6.45, 7) is 3.18. The zero-order chi connectivity index (χ0) is 25.5. The van der Waals surface area contributed by atoms with Crippen molar-refractivity contribution in [2.45, 2.75) is 24.9 Å². The van der Waals surface area contributed by atoms with Gasteiger partial charge in [-0.2, -0.15) is 5.10 Å². The van der Waals surface area contributed by atoms with Crippen LogP contribution in [0.3, 0.4) is 0 Å². The van der Waals surface area contributed by atoms with Crippen LogP contribution in [0.5, 0.6) is 5.75 Å². The summed E-state index contributed by atoms with van der Waals surface area (Å²) in [6.07, 6.45) is 5.77. The van der Waals surface area contributed by atoms with Crippen LogP contribution in [0.2, 0.25) is 0 Å². The minimum absolute atomic E-state index is 0.250. The van der Waals surface area contributed by atoms with Gasteiger partial charge < -0.3 is 24.4 Å². The predicted octanol–water partition coefficient (Wildman–Crippen LogP) is 4.48. The molecule has 0 amide bonds. The number of ether oxygens (including phenoxy) is 1. The number of para-hydroxylation sites is 1. The van der Waals surface area contributed by atoms with Crippen molar-refractivity contribution >= 4 is 46.1 Å². The predicted molar refractivity (Wildman–Crippen MR) is 139 cm³/mol. The molecule has 0 atom stereocenters. The van der Waals surface area contributed by atoms with Crippen LogP contribution in [0, 0.1) is 6.92 Å². The Hall–Kier alpha value is -4.09. The van der Waals surface area contributed by atoms with Gasteiger partial charge in [-0.25, -0.2) is 0 Å². The monoisotopic (exact) mass is 506 g/mol. The summed E-state index contributed by atoms with van der Waals surface area (Å²) in [5, 5.41) is 20.6. The lowest BCUT2D eigenvalue weighted by atomic mass is 10.1. The highest BCUT2D eigenvalue weighted by Gasteiger charge is 2.17. The molecule has 0 saturated heterocycles. The van der Waals surface area contributed by atoms with Gasteiger partial charge in [0.05, 0.1) is 30.3 Å². The van der Waals surface area contributed by atoms with Gasteiger partial charge in [0.15, 0.2) is 11.4 Å². The van der Waals surface area contributed by atoms with Gasteiger partial charge in [0.1, 0.15) is 11.1 Å². The molecule has 5 rings (SSSR count). The van der Waals surface area contributed by atoms with Crippen LogP contribution >= 0.6 is 11.9 Å². The summed E-state index contributed by atoms with van der Waals surface area (Å²) in [6, 6.07) is 12.2. The first-order chi connectivity index (χ1) is 17.6. The van der Waals surface area contributed by atoms with E-state index in [0.717, 1.165) is 44.4 Å². The molecular weight excluding hydrogens is 480 g/mol. The number of methoxy groups -OCH3 is 1. The van der Waals surface area contributed by atoms with Gasteiger partial charge in [-0.1, -0.05) is 17.3 Å². The number of nitrogens with zero attached hydrogens (tertiary/aromatic N) is 4. The SMILES string of the molecule is CNCc1cnn(Cc2cc(OC)c3c(NSc4cccc5cc(C)cnc45)noc3c2)c1.O=CO. The third-order valence-corrected chi connectivity index (χ3v) is 6.14. The number of pyridine rings is 1. The lowest BCUT2D eigenvalue weighted by Crippen LogP contribution is -2.04. The minimum atomic E-state index is -0.250. The molecule has 36 heavy (non-hydrogen) atoms. The summed E-state index contributed by atoms with van der Waals surface area (Å²) in [5.41, 5.74) is 4.88. The smallest absolute Gasteiger partial charge is 0.290 e. The van der Waals surface area contributed by atoms with E-state index in [0.29, 0.717) is 23.7 Å². The maximum Gasteiger partial charge on any atom is 0.290 e. The maximum absolute atomic E-state index is 8.36. The summed E-state index contributed by atoms with van der Waals surface area (Å²) < 4.78 is 16.5. The fourth-order valence-corrected chi connectivity index (χ4v) is 4.58. The van der Waals surface area contributed by atoms with Crippen LogP contribution in [0.4, 0.5) is 5.82 Å². The third kappa shape index (κ3) is 5.58. The molecule has 2 aromatic carbocycles. The van der Waals surface area contributed by atoms with E-state index in [1.165, 1.54) is 11.9 Å². The number of fused-ring (bicyclic) bond motifs is 2. The van der Waals surface area contributed by atoms with Crippen LogP contribution in [-0.2, 0) is 17.9 Å². The average Bonchev–Trinajstić information content (AvgIpc) is 3.49. The maximum atomic E-state index is 8.36. The van der Waals surface area contributed by atoms with Crippen molar-refractivity contribution in [3.05, 3.63) is 71.7 Å². The third-order valence-electron chi connectivity index (χ3n) is 5.30. The largest absolute Gasteiger partial charge is 0.496 e. The molecule has 0 radical (unpaired) electrons. The van der Waals surface area contributed by atoms with Crippen LogP contribution < -0.4 is 14.8 Å². The highest BCUT2D eigenvalue weighted by molar-refractivity contribution is 8.00. The Morgan fingerprint density at radius 3 is 2.83 bits per heavy atom. The number of aryl methyl sites for hydroxylation is 1. The Morgan fingerprint density at radius 2 is 2.06 bits per heavy atom. The second-order valence-electron chi connectivity index (χ2n) is 7.93. The van der Waals surface area contributed by atoms with Gasteiger partial charge in [0, 0.05) is 29.9 Å². The molecule has 0 aliphatic carbocycles. The molecule has 3 aromatic heterocycles. The fraction of sp³-hybridized carbons (Fsp3) is 0.200. The Balaban J connectivity index is 0.000000967. The first-order valence-electron chi connectivity index (χ1n) is 11.0. The Morgan fingerprint density at radius 1 is 1.22 bits per heavy atom. The molecule has 0 aliphatic rings. The number of anilines is 1. The van der Waals surface area contributed by atoms with E-state index in [1.54, 1.807) is 7.11 Å². The summed E-state index contributed by atoms with van der Waals surface area (Å²) in [7, 11) is 3.57. The van der Waals surface area contributed by atoms with Gasteiger partial charge in [-0.15, -0.1) is 0 Å². The lowest BCUT2D eigenvalue weighted by molar-refractivity contribution is -0.122. The number of carboxylic acid groups (broad SMARTS) is 1. The molecule has 0 fully saturated rings. The second kappa shape index (κ2) is 11.6. The van der Waals surface area contributed by atoms with Crippen LogP contribution in [-0.4, -0.2) is 45.7 Å². The molecule has 186 valence electrons. The molecule has 3 heterocycles. The molecule has 0 bridgehead atoms. The quantitative estimate of drug-likeness (QED) is 0.205. The molecule has 3 N–H and O–H groups in total. The van der Waals surface area contributed by atoms with Crippen molar-refractivity contribution in [1.29, 1.82) is 0 Å². The number of nitrogens with one attached hydrogen (secondary N) is 2. The zero-order valence-electron chi connectivity index (χ0n) is 20.1. The highest BCUT2D eigenvalue weighted by Crippen LogP contribution is 2.36. The van der Waals surface area contributed by atoms with E-state index in [9.17, 15) is 0 Å². The molecule has 0 unspecified atom stereocenters. The molecule has 0 aliphatic heterocycles. The highest BCUT2D eigenvalue weighted by atomic mass is 32.2. The van der Waals surface area contributed by atoms with E-state index < -0.39 is 0 Å². The zero-order valence-corrected chi connectivity index (χ0v) is 20.9. The first-order valence-corrected chi connectivity index (χ1v) is 11.9. The van der Waals surface area contributed by atoms with Crippen molar-refractivity contribution in [3.63, 3.8) is 0 Å².